The van der Waals surface area contributed by atoms with E-state index in [2.05, 4.69) is 9.88 Å². The van der Waals surface area contributed by atoms with Gasteiger partial charge in [0.15, 0.2) is 0 Å². The lowest BCUT2D eigenvalue weighted by Crippen LogP contribution is -2.24. The molecule has 2 aliphatic heterocycles. The van der Waals surface area contributed by atoms with Crippen LogP contribution in [0.4, 0.5) is 13.2 Å². The molecule has 3 heterocycles. The molecule has 0 radical (unpaired) electrons. The SMILES string of the molecule is FC(F)(F)c1ccccc1-c1ccc(C23CCN(CC2)C3)cn1. The van der Waals surface area contributed by atoms with Gasteiger partial charge in [0.25, 0.3) is 0 Å². The van der Waals surface area contributed by atoms with Crippen LogP contribution in [0.15, 0.2) is 42.6 Å². The van der Waals surface area contributed by atoms with Crippen molar-refractivity contribution >= 4 is 0 Å². The lowest BCUT2D eigenvalue weighted by molar-refractivity contribution is -0.137. The number of nitrogens with zero attached hydrogens (tertiary/aromatic N) is 2. The highest BCUT2D eigenvalue weighted by Gasteiger charge is 2.44. The number of pyridine rings is 1. The number of alkyl halides is 3. The maximum Gasteiger partial charge on any atom is 0.417 e. The third kappa shape index (κ3) is 2.43. The zero-order valence-electron chi connectivity index (χ0n) is 12.6. The minimum atomic E-state index is -4.37. The van der Waals surface area contributed by atoms with Gasteiger partial charge >= 0.3 is 6.18 Å². The summed E-state index contributed by atoms with van der Waals surface area (Å²) in [7, 11) is 0. The van der Waals surface area contributed by atoms with E-state index in [0.717, 1.165) is 44.1 Å². The van der Waals surface area contributed by atoms with Crippen molar-refractivity contribution in [3.63, 3.8) is 0 Å². The van der Waals surface area contributed by atoms with Crippen molar-refractivity contribution in [2.75, 3.05) is 19.6 Å². The number of hydrogen-bond donors (Lipinski definition) is 0. The number of aromatic nitrogens is 1. The van der Waals surface area contributed by atoms with Crippen LogP contribution in [0.3, 0.4) is 0 Å². The van der Waals surface area contributed by atoms with Crippen molar-refractivity contribution < 1.29 is 13.2 Å². The third-order valence-corrected chi connectivity index (χ3v) is 5.22. The van der Waals surface area contributed by atoms with Crippen LogP contribution in [0.25, 0.3) is 11.3 Å². The Hall–Kier alpha value is -1.88. The second-order valence-corrected chi connectivity index (χ2v) is 6.53. The molecule has 0 spiro atoms. The van der Waals surface area contributed by atoms with Crippen molar-refractivity contribution in [3.05, 3.63) is 53.7 Å². The quantitative estimate of drug-likeness (QED) is 0.828. The predicted octanol–water partition coefficient (Wildman–Crippen LogP) is 4.11. The average Bonchev–Trinajstić information content (AvgIpc) is 3.16. The summed E-state index contributed by atoms with van der Waals surface area (Å²) in [6.45, 7) is 3.27. The van der Waals surface area contributed by atoms with E-state index in [1.54, 1.807) is 18.3 Å². The largest absolute Gasteiger partial charge is 0.417 e. The van der Waals surface area contributed by atoms with Crippen molar-refractivity contribution in [2.45, 2.75) is 24.4 Å². The molecule has 120 valence electrons. The van der Waals surface area contributed by atoms with Crippen molar-refractivity contribution in [1.82, 2.24) is 9.88 Å². The monoisotopic (exact) mass is 318 g/mol. The van der Waals surface area contributed by atoms with Gasteiger partial charge in [-0.2, -0.15) is 13.2 Å². The van der Waals surface area contributed by atoms with E-state index < -0.39 is 11.7 Å². The molecule has 2 saturated heterocycles. The van der Waals surface area contributed by atoms with Crippen LogP contribution >= 0.6 is 0 Å². The Morgan fingerprint density at radius 3 is 2.30 bits per heavy atom. The van der Waals surface area contributed by atoms with Crippen molar-refractivity contribution in [3.8, 4) is 11.3 Å². The van der Waals surface area contributed by atoms with Crippen LogP contribution in [0, 0.1) is 0 Å². The fourth-order valence-electron chi connectivity index (χ4n) is 3.93. The second-order valence-electron chi connectivity index (χ2n) is 6.53. The minimum absolute atomic E-state index is 0.142. The normalized spacial score (nSPS) is 26.7. The van der Waals surface area contributed by atoms with Gasteiger partial charge in [0, 0.05) is 23.7 Å². The Morgan fingerprint density at radius 1 is 1.00 bits per heavy atom. The molecule has 0 N–H and O–H groups in total. The molecule has 2 nitrogen and oxygen atoms in total. The van der Waals surface area contributed by atoms with Crippen LogP contribution in [0.5, 0.6) is 0 Å². The fraction of sp³-hybridized carbons (Fsp3) is 0.389. The van der Waals surface area contributed by atoms with Crippen LogP contribution < -0.4 is 0 Å². The average molecular weight is 318 g/mol. The minimum Gasteiger partial charge on any atom is -0.302 e. The first-order valence-corrected chi connectivity index (χ1v) is 7.83. The summed E-state index contributed by atoms with van der Waals surface area (Å²) >= 11 is 0. The maximum atomic E-state index is 13.1. The summed E-state index contributed by atoms with van der Waals surface area (Å²) in [4.78, 5) is 6.80. The lowest BCUT2D eigenvalue weighted by Gasteiger charge is -2.25. The van der Waals surface area contributed by atoms with Crippen molar-refractivity contribution in [1.29, 1.82) is 0 Å². The summed E-state index contributed by atoms with van der Waals surface area (Å²) in [6.07, 6.45) is -0.356. The molecule has 2 aliphatic rings. The lowest BCUT2D eigenvalue weighted by atomic mass is 9.78. The molecule has 4 rings (SSSR count). The standard InChI is InChI=1S/C18H17F3N2/c19-18(20,21)15-4-2-1-3-14(15)16-6-5-13(11-22-16)17-7-9-23(12-17)10-8-17/h1-6,11H,7-10,12H2. The molecule has 2 bridgehead atoms. The molecular weight excluding hydrogens is 301 g/mol. The molecule has 23 heavy (non-hydrogen) atoms. The summed E-state index contributed by atoms with van der Waals surface area (Å²) in [5.74, 6) is 0. The Balaban J connectivity index is 1.70. The Kier molecular flexibility index (Phi) is 3.23. The maximum absolute atomic E-state index is 13.1. The highest BCUT2D eigenvalue weighted by Crippen LogP contribution is 2.43. The van der Waals surface area contributed by atoms with E-state index in [9.17, 15) is 13.2 Å². The van der Waals surface area contributed by atoms with Crippen LogP contribution in [-0.2, 0) is 11.6 Å². The van der Waals surface area contributed by atoms with E-state index in [1.165, 1.54) is 12.1 Å². The molecule has 0 unspecified atom stereocenters. The third-order valence-electron chi connectivity index (χ3n) is 5.22. The highest BCUT2D eigenvalue weighted by atomic mass is 19.4. The van der Waals surface area contributed by atoms with Gasteiger partial charge in [-0.25, -0.2) is 0 Å². The van der Waals surface area contributed by atoms with Gasteiger partial charge in [-0.1, -0.05) is 24.3 Å². The predicted molar refractivity (Wildman–Crippen MR) is 82.0 cm³/mol. The first-order chi connectivity index (χ1) is 11.0. The van der Waals surface area contributed by atoms with E-state index in [0.29, 0.717) is 5.69 Å². The summed E-state index contributed by atoms with van der Waals surface area (Å²) < 4.78 is 39.4. The molecule has 2 aromatic rings. The van der Waals surface area contributed by atoms with E-state index in [4.69, 9.17) is 0 Å². The number of benzene rings is 1. The molecule has 1 aromatic heterocycles. The molecule has 1 aromatic carbocycles. The van der Waals surface area contributed by atoms with E-state index >= 15 is 0 Å². The van der Waals surface area contributed by atoms with Gasteiger partial charge in [-0.3, -0.25) is 4.98 Å². The number of piperidine rings is 1. The van der Waals surface area contributed by atoms with Crippen LogP contribution in [-0.4, -0.2) is 29.5 Å². The first-order valence-electron chi connectivity index (χ1n) is 7.83. The summed E-state index contributed by atoms with van der Waals surface area (Å²) in [5.41, 5.74) is 1.21. The number of halogens is 3. The topological polar surface area (TPSA) is 16.1 Å². The fourth-order valence-corrected chi connectivity index (χ4v) is 3.93. The summed E-state index contributed by atoms with van der Waals surface area (Å²) in [5, 5.41) is 0. The van der Waals surface area contributed by atoms with E-state index in [-0.39, 0.29) is 11.0 Å². The van der Waals surface area contributed by atoms with Gasteiger partial charge in [-0.05, 0) is 43.6 Å². The zero-order chi connectivity index (χ0) is 16.1. The van der Waals surface area contributed by atoms with Gasteiger partial charge in [0.1, 0.15) is 0 Å². The smallest absolute Gasteiger partial charge is 0.302 e. The van der Waals surface area contributed by atoms with Crippen LogP contribution in [0.1, 0.15) is 24.0 Å². The second kappa shape index (κ2) is 5.06. The molecule has 0 atom stereocenters. The van der Waals surface area contributed by atoms with Gasteiger partial charge in [-0.15, -0.1) is 0 Å². The van der Waals surface area contributed by atoms with Crippen molar-refractivity contribution in [2.24, 2.45) is 0 Å². The zero-order valence-corrected chi connectivity index (χ0v) is 12.6. The Bertz CT molecular complexity index is 714. The van der Waals surface area contributed by atoms with Gasteiger partial charge in [0.2, 0.25) is 0 Å². The van der Waals surface area contributed by atoms with Gasteiger partial charge < -0.3 is 4.90 Å². The molecule has 0 saturated carbocycles. The molecule has 0 aliphatic carbocycles. The molecule has 0 amide bonds. The molecule has 2 fully saturated rings. The van der Waals surface area contributed by atoms with E-state index in [1.807, 2.05) is 6.07 Å². The highest BCUT2D eigenvalue weighted by molar-refractivity contribution is 5.64. The Morgan fingerprint density at radius 2 is 1.74 bits per heavy atom. The van der Waals surface area contributed by atoms with Crippen LogP contribution in [0.2, 0.25) is 0 Å². The summed E-state index contributed by atoms with van der Waals surface area (Å²) in [6, 6.07) is 9.31. The number of hydrogen-bond acceptors (Lipinski definition) is 2. The first kappa shape index (κ1) is 14.7. The molecule has 5 heteroatoms. The van der Waals surface area contributed by atoms with Gasteiger partial charge in [0.05, 0.1) is 11.3 Å². The molecular formula is C18H17F3N2. The Labute approximate surface area is 133 Å². The number of rotatable bonds is 2. The number of fused-ring (bicyclic) bond motifs is 2.